The Morgan fingerprint density at radius 1 is 1.24 bits per heavy atom. The minimum Gasteiger partial charge on any atom is -0.360 e. The zero-order valence-corrected chi connectivity index (χ0v) is 13.5. The van der Waals surface area contributed by atoms with Gasteiger partial charge < -0.3 is 10.2 Å². The van der Waals surface area contributed by atoms with E-state index in [9.17, 15) is 0 Å². The summed E-state index contributed by atoms with van der Waals surface area (Å²) in [6.07, 6.45) is 3.91. The van der Waals surface area contributed by atoms with Crippen LogP contribution in [0.25, 0.3) is 0 Å². The fourth-order valence-corrected chi connectivity index (χ4v) is 2.27. The van der Waals surface area contributed by atoms with Gasteiger partial charge in [-0.3, -0.25) is 0 Å². The van der Waals surface area contributed by atoms with Gasteiger partial charge >= 0.3 is 0 Å². The van der Waals surface area contributed by atoms with Crippen LogP contribution in [0.5, 0.6) is 0 Å². The third-order valence-electron chi connectivity index (χ3n) is 3.34. The first kappa shape index (κ1) is 15.6. The lowest BCUT2D eigenvalue weighted by Crippen LogP contribution is -2.19. The van der Waals surface area contributed by atoms with E-state index in [1.807, 2.05) is 31.2 Å². The van der Waals surface area contributed by atoms with Crippen molar-refractivity contribution in [1.29, 1.82) is 0 Å². The standard InChI is InChI=1S/C16H21ClN4/c1-4-5-8-21(3)16-10-15(18-11-19-16)20-14-7-6-13(17)9-12(14)2/h6-7,9-11H,4-5,8H2,1-3H3,(H,18,19,20). The molecule has 0 atom stereocenters. The van der Waals surface area contributed by atoms with Gasteiger partial charge in [-0.15, -0.1) is 0 Å². The molecule has 1 aromatic carbocycles. The molecular formula is C16H21ClN4. The van der Waals surface area contributed by atoms with Gasteiger partial charge in [0.2, 0.25) is 0 Å². The first-order valence-electron chi connectivity index (χ1n) is 7.16. The quantitative estimate of drug-likeness (QED) is 0.858. The lowest BCUT2D eigenvalue weighted by Gasteiger charge is -2.18. The molecule has 0 saturated heterocycles. The Bertz CT molecular complexity index is 601. The molecule has 0 fully saturated rings. The number of aryl methyl sites for hydroxylation is 1. The number of rotatable bonds is 6. The monoisotopic (exact) mass is 304 g/mol. The van der Waals surface area contributed by atoms with Crippen LogP contribution in [-0.2, 0) is 0 Å². The molecule has 0 spiro atoms. The topological polar surface area (TPSA) is 41.0 Å². The largest absolute Gasteiger partial charge is 0.360 e. The van der Waals surface area contributed by atoms with Gasteiger partial charge in [0.25, 0.3) is 0 Å². The molecule has 2 rings (SSSR count). The summed E-state index contributed by atoms with van der Waals surface area (Å²) in [7, 11) is 2.05. The summed E-state index contributed by atoms with van der Waals surface area (Å²) in [5.74, 6) is 1.71. The van der Waals surface area contributed by atoms with Gasteiger partial charge in [-0.1, -0.05) is 24.9 Å². The molecule has 21 heavy (non-hydrogen) atoms. The van der Waals surface area contributed by atoms with Crippen LogP contribution in [0.3, 0.4) is 0 Å². The molecule has 2 aromatic rings. The Kier molecular flexibility index (Phi) is 5.39. The SMILES string of the molecule is CCCCN(C)c1cc(Nc2ccc(Cl)cc2C)ncn1. The number of nitrogens with zero attached hydrogens (tertiary/aromatic N) is 3. The van der Waals surface area contributed by atoms with E-state index in [0.717, 1.165) is 40.9 Å². The Morgan fingerprint density at radius 3 is 2.76 bits per heavy atom. The summed E-state index contributed by atoms with van der Waals surface area (Å²) in [6, 6.07) is 7.72. The smallest absolute Gasteiger partial charge is 0.135 e. The zero-order valence-electron chi connectivity index (χ0n) is 12.7. The van der Waals surface area contributed by atoms with Crippen molar-refractivity contribution in [2.75, 3.05) is 23.8 Å². The summed E-state index contributed by atoms with van der Waals surface area (Å²) in [6.45, 7) is 5.20. The summed E-state index contributed by atoms with van der Waals surface area (Å²) in [5.41, 5.74) is 2.09. The first-order chi connectivity index (χ1) is 10.1. The van der Waals surface area contributed by atoms with E-state index >= 15 is 0 Å². The lowest BCUT2D eigenvalue weighted by atomic mass is 10.2. The molecule has 0 saturated carbocycles. The van der Waals surface area contributed by atoms with Crippen molar-refractivity contribution < 1.29 is 0 Å². The van der Waals surface area contributed by atoms with Crippen LogP contribution in [0.2, 0.25) is 5.02 Å². The summed E-state index contributed by atoms with van der Waals surface area (Å²) < 4.78 is 0. The highest BCUT2D eigenvalue weighted by atomic mass is 35.5. The second-order valence-corrected chi connectivity index (χ2v) is 5.56. The molecule has 0 aliphatic rings. The predicted molar refractivity (Wildman–Crippen MR) is 89.7 cm³/mol. The van der Waals surface area contributed by atoms with Crippen LogP contribution >= 0.6 is 11.6 Å². The molecule has 0 amide bonds. The van der Waals surface area contributed by atoms with Crippen LogP contribution in [0.1, 0.15) is 25.3 Å². The van der Waals surface area contributed by atoms with Crippen LogP contribution in [0, 0.1) is 6.92 Å². The Morgan fingerprint density at radius 2 is 2.05 bits per heavy atom. The fraction of sp³-hybridized carbons (Fsp3) is 0.375. The Labute approximate surface area is 131 Å². The van der Waals surface area contributed by atoms with E-state index in [2.05, 4.69) is 34.2 Å². The molecule has 4 nitrogen and oxygen atoms in total. The van der Waals surface area contributed by atoms with Crippen LogP contribution in [0.4, 0.5) is 17.3 Å². The van der Waals surface area contributed by atoms with Crippen molar-refractivity contribution >= 4 is 28.9 Å². The number of benzene rings is 1. The number of anilines is 3. The van der Waals surface area contributed by atoms with E-state index in [4.69, 9.17) is 11.6 Å². The van der Waals surface area contributed by atoms with Crippen molar-refractivity contribution in [3.8, 4) is 0 Å². The van der Waals surface area contributed by atoms with Gasteiger partial charge in [0.1, 0.15) is 18.0 Å². The summed E-state index contributed by atoms with van der Waals surface area (Å²) in [5, 5.41) is 4.05. The zero-order chi connectivity index (χ0) is 15.2. The maximum absolute atomic E-state index is 5.98. The van der Waals surface area contributed by atoms with Gasteiger partial charge in [0, 0.05) is 30.4 Å². The van der Waals surface area contributed by atoms with E-state index in [1.165, 1.54) is 6.42 Å². The van der Waals surface area contributed by atoms with Crippen molar-refractivity contribution in [1.82, 2.24) is 9.97 Å². The maximum Gasteiger partial charge on any atom is 0.135 e. The minimum absolute atomic E-state index is 0.737. The predicted octanol–water partition coefficient (Wildman–Crippen LogP) is 4.42. The summed E-state index contributed by atoms with van der Waals surface area (Å²) >= 11 is 5.98. The normalized spacial score (nSPS) is 10.5. The second-order valence-electron chi connectivity index (χ2n) is 5.12. The van der Waals surface area contributed by atoms with E-state index in [1.54, 1.807) is 6.33 Å². The van der Waals surface area contributed by atoms with Crippen LogP contribution in [0.15, 0.2) is 30.6 Å². The summed E-state index contributed by atoms with van der Waals surface area (Å²) in [4.78, 5) is 10.7. The average molecular weight is 305 g/mol. The van der Waals surface area contributed by atoms with Crippen LogP contribution in [-0.4, -0.2) is 23.6 Å². The number of hydrogen-bond acceptors (Lipinski definition) is 4. The van der Waals surface area contributed by atoms with Gasteiger partial charge in [-0.2, -0.15) is 0 Å². The number of unbranched alkanes of at least 4 members (excludes halogenated alkanes) is 1. The molecular weight excluding hydrogens is 284 g/mol. The van der Waals surface area contributed by atoms with Gasteiger partial charge in [0.05, 0.1) is 0 Å². The van der Waals surface area contributed by atoms with Crippen molar-refractivity contribution in [3.05, 3.63) is 41.2 Å². The van der Waals surface area contributed by atoms with Crippen LogP contribution < -0.4 is 10.2 Å². The highest BCUT2D eigenvalue weighted by molar-refractivity contribution is 6.30. The van der Waals surface area contributed by atoms with Gasteiger partial charge in [-0.25, -0.2) is 9.97 Å². The lowest BCUT2D eigenvalue weighted by molar-refractivity contribution is 0.758. The number of nitrogens with one attached hydrogen (secondary N) is 1. The first-order valence-corrected chi connectivity index (χ1v) is 7.54. The third-order valence-corrected chi connectivity index (χ3v) is 3.58. The molecule has 5 heteroatoms. The van der Waals surface area contributed by atoms with Gasteiger partial charge in [-0.05, 0) is 37.1 Å². The van der Waals surface area contributed by atoms with E-state index < -0.39 is 0 Å². The molecule has 112 valence electrons. The molecule has 0 radical (unpaired) electrons. The number of hydrogen-bond donors (Lipinski definition) is 1. The van der Waals surface area contributed by atoms with Crippen molar-refractivity contribution in [3.63, 3.8) is 0 Å². The molecule has 0 bridgehead atoms. The molecule has 1 N–H and O–H groups in total. The average Bonchev–Trinajstić information content (AvgIpc) is 2.48. The highest BCUT2D eigenvalue weighted by Gasteiger charge is 2.05. The molecule has 0 unspecified atom stereocenters. The number of aromatic nitrogens is 2. The van der Waals surface area contributed by atoms with E-state index in [-0.39, 0.29) is 0 Å². The molecule has 0 aliphatic carbocycles. The minimum atomic E-state index is 0.737. The second kappa shape index (κ2) is 7.27. The van der Waals surface area contributed by atoms with Gasteiger partial charge in [0.15, 0.2) is 0 Å². The molecule has 1 aromatic heterocycles. The number of halogens is 1. The Balaban J connectivity index is 2.13. The molecule has 1 heterocycles. The maximum atomic E-state index is 5.98. The molecule has 0 aliphatic heterocycles. The highest BCUT2D eigenvalue weighted by Crippen LogP contribution is 2.23. The van der Waals surface area contributed by atoms with Crippen molar-refractivity contribution in [2.45, 2.75) is 26.7 Å². The Hall–Kier alpha value is -1.81. The fourth-order valence-electron chi connectivity index (χ4n) is 2.04. The van der Waals surface area contributed by atoms with E-state index in [0.29, 0.717) is 0 Å². The third kappa shape index (κ3) is 4.33. The van der Waals surface area contributed by atoms with Crippen molar-refractivity contribution in [2.24, 2.45) is 0 Å².